The second-order valence-electron chi connectivity index (χ2n) is 4.47. The van der Waals surface area contributed by atoms with Crippen molar-refractivity contribution in [2.75, 3.05) is 19.8 Å². The molecule has 3 atom stereocenters. The van der Waals surface area contributed by atoms with Gasteiger partial charge in [-0.2, -0.15) is 0 Å². The maximum absolute atomic E-state index is 11.4. The first kappa shape index (κ1) is 16.6. The quantitative estimate of drug-likeness (QED) is 0.732. The van der Waals surface area contributed by atoms with Gasteiger partial charge in [0.25, 0.3) is 0 Å². The minimum Gasteiger partial charge on any atom is -0.379 e. The fourth-order valence-corrected chi connectivity index (χ4v) is 1.59. The average molecular weight is 267 g/mol. The average Bonchev–Trinajstić information content (AvgIpc) is 2.65. The SMILES string of the molecule is CC(N)CC(=O)NC(C)COC1CCOC1.Cl. The molecule has 17 heavy (non-hydrogen) atoms. The first-order chi connectivity index (χ1) is 7.58. The highest BCUT2D eigenvalue weighted by atomic mass is 35.5. The smallest absolute Gasteiger partial charge is 0.221 e. The molecule has 1 amide bonds. The first-order valence-corrected chi connectivity index (χ1v) is 5.82. The molecular weight excluding hydrogens is 244 g/mol. The molecule has 6 heteroatoms. The van der Waals surface area contributed by atoms with Crippen LogP contribution in [0, 0.1) is 0 Å². The van der Waals surface area contributed by atoms with E-state index in [1.54, 1.807) is 0 Å². The molecule has 3 N–H and O–H groups in total. The van der Waals surface area contributed by atoms with E-state index in [4.69, 9.17) is 15.2 Å². The Morgan fingerprint density at radius 2 is 2.29 bits per heavy atom. The summed E-state index contributed by atoms with van der Waals surface area (Å²) in [4.78, 5) is 11.4. The van der Waals surface area contributed by atoms with Gasteiger partial charge in [-0.15, -0.1) is 12.4 Å². The number of amides is 1. The molecule has 5 nitrogen and oxygen atoms in total. The largest absolute Gasteiger partial charge is 0.379 e. The van der Waals surface area contributed by atoms with Crippen molar-refractivity contribution in [3.8, 4) is 0 Å². The molecule has 0 aromatic heterocycles. The first-order valence-electron chi connectivity index (χ1n) is 5.82. The third kappa shape index (κ3) is 7.54. The van der Waals surface area contributed by atoms with E-state index in [-0.39, 0.29) is 36.5 Å². The summed E-state index contributed by atoms with van der Waals surface area (Å²) in [5.74, 6) is -0.0197. The van der Waals surface area contributed by atoms with E-state index in [1.807, 2.05) is 13.8 Å². The predicted octanol–water partition coefficient (Wildman–Crippen LogP) is 0.456. The van der Waals surface area contributed by atoms with Crippen molar-refractivity contribution in [2.24, 2.45) is 5.73 Å². The lowest BCUT2D eigenvalue weighted by Gasteiger charge is -2.17. The molecule has 1 saturated heterocycles. The van der Waals surface area contributed by atoms with E-state index < -0.39 is 0 Å². The van der Waals surface area contributed by atoms with Gasteiger partial charge in [-0.3, -0.25) is 4.79 Å². The lowest BCUT2D eigenvalue weighted by atomic mass is 10.2. The van der Waals surface area contributed by atoms with E-state index in [1.165, 1.54) is 0 Å². The summed E-state index contributed by atoms with van der Waals surface area (Å²) in [6, 6.07) is -0.0804. The van der Waals surface area contributed by atoms with Crippen LogP contribution in [0.4, 0.5) is 0 Å². The number of carbonyl (C=O) groups excluding carboxylic acids is 1. The van der Waals surface area contributed by atoms with Gasteiger partial charge in [0.15, 0.2) is 0 Å². The summed E-state index contributed by atoms with van der Waals surface area (Å²) in [7, 11) is 0. The van der Waals surface area contributed by atoms with Crippen LogP contribution in [-0.4, -0.2) is 43.9 Å². The number of carbonyl (C=O) groups is 1. The highest BCUT2D eigenvalue weighted by Gasteiger charge is 2.17. The van der Waals surface area contributed by atoms with Gasteiger partial charge in [-0.25, -0.2) is 0 Å². The maximum atomic E-state index is 11.4. The minimum atomic E-state index is -0.101. The van der Waals surface area contributed by atoms with Crippen LogP contribution in [0.15, 0.2) is 0 Å². The Hall–Kier alpha value is -0.360. The molecule has 0 saturated carbocycles. The molecule has 0 aromatic rings. The molecule has 1 rings (SSSR count). The van der Waals surface area contributed by atoms with Gasteiger partial charge in [0.1, 0.15) is 0 Å². The molecule has 0 radical (unpaired) electrons. The van der Waals surface area contributed by atoms with Crippen molar-refractivity contribution < 1.29 is 14.3 Å². The fraction of sp³-hybridized carbons (Fsp3) is 0.909. The van der Waals surface area contributed by atoms with E-state index in [0.717, 1.165) is 13.0 Å². The molecular formula is C11H23ClN2O3. The predicted molar refractivity (Wildman–Crippen MR) is 68.3 cm³/mol. The van der Waals surface area contributed by atoms with E-state index in [0.29, 0.717) is 19.6 Å². The maximum Gasteiger partial charge on any atom is 0.221 e. The molecule has 0 aromatic carbocycles. The van der Waals surface area contributed by atoms with Crippen LogP contribution in [0.2, 0.25) is 0 Å². The minimum absolute atomic E-state index is 0. The summed E-state index contributed by atoms with van der Waals surface area (Å²) >= 11 is 0. The second-order valence-corrected chi connectivity index (χ2v) is 4.47. The Morgan fingerprint density at radius 1 is 1.59 bits per heavy atom. The number of hydrogen-bond acceptors (Lipinski definition) is 4. The Balaban J connectivity index is 0.00000256. The Bertz CT molecular complexity index is 221. The summed E-state index contributed by atoms with van der Waals surface area (Å²) < 4.78 is 10.8. The van der Waals surface area contributed by atoms with Crippen LogP contribution in [-0.2, 0) is 14.3 Å². The molecule has 102 valence electrons. The molecule has 0 spiro atoms. The fourth-order valence-electron chi connectivity index (χ4n) is 1.59. The zero-order valence-electron chi connectivity index (χ0n) is 10.5. The number of rotatable bonds is 6. The van der Waals surface area contributed by atoms with Gasteiger partial charge in [-0.05, 0) is 20.3 Å². The highest BCUT2D eigenvalue weighted by molar-refractivity contribution is 5.85. The number of halogens is 1. The van der Waals surface area contributed by atoms with Crippen molar-refractivity contribution in [1.29, 1.82) is 0 Å². The van der Waals surface area contributed by atoms with Crippen molar-refractivity contribution in [1.82, 2.24) is 5.32 Å². The van der Waals surface area contributed by atoms with E-state index >= 15 is 0 Å². The zero-order chi connectivity index (χ0) is 12.0. The number of hydrogen-bond donors (Lipinski definition) is 2. The summed E-state index contributed by atoms with van der Waals surface area (Å²) in [5.41, 5.74) is 5.53. The summed E-state index contributed by atoms with van der Waals surface area (Å²) in [6.07, 6.45) is 1.49. The molecule has 1 aliphatic heterocycles. The van der Waals surface area contributed by atoms with Crippen LogP contribution in [0.3, 0.4) is 0 Å². The van der Waals surface area contributed by atoms with Crippen LogP contribution in [0.5, 0.6) is 0 Å². The molecule has 3 unspecified atom stereocenters. The van der Waals surface area contributed by atoms with Crippen molar-refractivity contribution in [3.05, 3.63) is 0 Å². The van der Waals surface area contributed by atoms with E-state index in [9.17, 15) is 4.79 Å². The Kier molecular flexibility index (Phi) is 8.51. The van der Waals surface area contributed by atoms with Crippen molar-refractivity contribution >= 4 is 18.3 Å². The third-order valence-corrected chi connectivity index (χ3v) is 2.38. The van der Waals surface area contributed by atoms with Gasteiger partial charge in [0, 0.05) is 25.1 Å². The van der Waals surface area contributed by atoms with Crippen molar-refractivity contribution in [3.63, 3.8) is 0 Å². The Morgan fingerprint density at radius 3 is 2.82 bits per heavy atom. The van der Waals surface area contributed by atoms with Gasteiger partial charge < -0.3 is 20.5 Å². The molecule has 0 aliphatic carbocycles. The van der Waals surface area contributed by atoms with Crippen LogP contribution in [0.25, 0.3) is 0 Å². The van der Waals surface area contributed by atoms with Gasteiger partial charge in [0.05, 0.1) is 19.3 Å². The molecule has 1 aliphatic rings. The standard InChI is InChI=1S/C11H22N2O3.ClH/c1-8(12)5-11(14)13-9(2)6-16-10-3-4-15-7-10;/h8-10H,3-7,12H2,1-2H3,(H,13,14);1H. The Labute approximate surface area is 109 Å². The topological polar surface area (TPSA) is 73.6 Å². The van der Waals surface area contributed by atoms with Crippen LogP contribution >= 0.6 is 12.4 Å². The summed E-state index contributed by atoms with van der Waals surface area (Å²) in [5, 5.41) is 2.85. The summed E-state index contributed by atoms with van der Waals surface area (Å²) in [6.45, 7) is 5.71. The normalized spacial score (nSPS) is 22.6. The lowest BCUT2D eigenvalue weighted by Crippen LogP contribution is -2.39. The molecule has 1 fully saturated rings. The molecule has 0 bridgehead atoms. The van der Waals surface area contributed by atoms with E-state index in [2.05, 4.69) is 5.32 Å². The number of nitrogens with one attached hydrogen (secondary N) is 1. The van der Waals surface area contributed by atoms with Gasteiger partial charge in [0.2, 0.25) is 5.91 Å². The third-order valence-electron chi connectivity index (χ3n) is 2.38. The molecule has 1 heterocycles. The number of ether oxygens (including phenoxy) is 2. The van der Waals surface area contributed by atoms with Crippen LogP contribution < -0.4 is 11.1 Å². The lowest BCUT2D eigenvalue weighted by molar-refractivity contribution is -0.122. The second kappa shape index (κ2) is 8.69. The van der Waals surface area contributed by atoms with Gasteiger partial charge in [-0.1, -0.05) is 0 Å². The monoisotopic (exact) mass is 266 g/mol. The van der Waals surface area contributed by atoms with Crippen molar-refractivity contribution in [2.45, 2.75) is 44.9 Å². The highest BCUT2D eigenvalue weighted by Crippen LogP contribution is 2.08. The zero-order valence-corrected chi connectivity index (χ0v) is 11.3. The van der Waals surface area contributed by atoms with Gasteiger partial charge >= 0.3 is 0 Å². The number of nitrogens with two attached hydrogens (primary N) is 1. The van der Waals surface area contributed by atoms with Crippen LogP contribution in [0.1, 0.15) is 26.7 Å².